The van der Waals surface area contributed by atoms with E-state index in [1.165, 1.54) is 7.11 Å². The molecule has 0 heterocycles. The maximum atomic E-state index is 8.99. The lowest BCUT2D eigenvalue weighted by Gasteiger charge is -1.99. The minimum Gasteiger partial charge on any atom is -0.504 e. The van der Waals surface area contributed by atoms with E-state index < -0.39 is 0 Å². The van der Waals surface area contributed by atoms with Gasteiger partial charge in [0.15, 0.2) is 11.5 Å². The van der Waals surface area contributed by atoms with Gasteiger partial charge in [0.1, 0.15) is 0 Å². The van der Waals surface area contributed by atoms with Crippen molar-refractivity contribution in [3.8, 4) is 11.5 Å². The van der Waals surface area contributed by atoms with Gasteiger partial charge in [-0.15, -0.1) is 12.3 Å². The quantitative estimate of drug-likeness (QED) is 0.654. The predicted octanol–water partition coefficient (Wildman–Crippen LogP) is 0.896. The Kier molecular flexibility index (Phi) is 5.82. The van der Waals surface area contributed by atoms with E-state index in [0.717, 1.165) is 10.2 Å². The van der Waals surface area contributed by atoms with Crippen molar-refractivity contribution in [1.29, 1.82) is 0 Å². The Morgan fingerprint density at radius 2 is 2.00 bits per heavy atom. The van der Waals surface area contributed by atoms with Gasteiger partial charge in [0, 0.05) is 10.2 Å². The molecule has 0 radical (unpaired) electrons. The Morgan fingerprint density at radius 1 is 1.50 bits per heavy atom. The average Bonchev–Trinajstić information content (AvgIpc) is 2.07. The number of ether oxygens (including phenoxy) is 1. The first-order valence-corrected chi connectivity index (χ1v) is 4.80. The molecule has 0 aliphatic carbocycles. The molecule has 12 heavy (non-hydrogen) atoms. The highest BCUT2D eigenvalue weighted by molar-refractivity contribution is 6.16. The van der Waals surface area contributed by atoms with Crippen molar-refractivity contribution in [1.82, 2.24) is 0 Å². The standard InChI is InChI=1S/C7H8O2.C2H6Si/c1-9-7-5-3-2-4-6(7)8;1-2-3/h2-5,8H,1H3;2H,1H2,3H3. The van der Waals surface area contributed by atoms with E-state index in [9.17, 15) is 0 Å². The minimum absolute atomic E-state index is 0.181. The van der Waals surface area contributed by atoms with Crippen molar-refractivity contribution in [3.63, 3.8) is 0 Å². The zero-order valence-electron chi connectivity index (χ0n) is 7.45. The number of hydrogen-bond donors (Lipinski definition) is 1. The van der Waals surface area contributed by atoms with Gasteiger partial charge in [-0.2, -0.15) is 0 Å². The fourth-order valence-electron chi connectivity index (χ4n) is 0.630. The van der Waals surface area contributed by atoms with Crippen LogP contribution in [0.25, 0.3) is 0 Å². The SMILES string of the molecule is C=C[SiH3].COc1ccccc1O. The van der Waals surface area contributed by atoms with Crippen LogP contribution in [-0.2, 0) is 0 Å². The van der Waals surface area contributed by atoms with E-state index in [2.05, 4.69) is 6.58 Å². The fourth-order valence-corrected chi connectivity index (χ4v) is 0.630. The largest absolute Gasteiger partial charge is 0.504 e. The van der Waals surface area contributed by atoms with Crippen LogP contribution in [0.2, 0.25) is 0 Å². The lowest BCUT2D eigenvalue weighted by molar-refractivity contribution is 0.373. The van der Waals surface area contributed by atoms with Gasteiger partial charge in [0.25, 0.3) is 0 Å². The van der Waals surface area contributed by atoms with Crippen molar-refractivity contribution < 1.29 is 9.84 Å². The summed E-state index contributed by atoms with van der Waals surface area (Å²) in [5.74, 6) is 0.692. The fraction of sp³-hybridized carbons (Fsp3) is 0.111. The molecule has 1 aromatic rings. The lowest BCUT2D eigenvalue weighted by Crippen LogP contribution is -1.80. The highest BCUT2D eigenvalue weighted by Crippen LogP contribution is 2.22. The zero-order chi connectivity index (χ0) is 9.40. The summed E-state index contributed by atoms with van der Waals surface area (Å²) in [4.78, 5) is 0. The summed E-state index contributed by atoms with van der Waals surface area (Å²) in [5.41, 5.74) is 1.89. The van der Waals surface area contributed by atoms with Crippen LogP contribution in [0.5, 0.6) is 11.5 Å². The monoisotopic (exact) mass is 182 g/mol. The predicted molar refractivity (Wildman–Crippen MR) is 54.8 cm³/mol. The Hall–Kier alpha value is -1.22. The second kappa shape index (κ2) is 6.48. The topological polar surface area (TPSA) is 29.5 Å². The van der Waals surface area contributed by atoms with Crippen molar-refractivity contribution >= 4 is 10.2 Å². The third kappa shape index (κ3) is 3.83. The molecule has 1 aromatic carbocycles. The van der Waals surface area contributed by atoms with Crippen LogP contribution in [0, 0.1) is 0 Å². The maximum absolute atomic E-state index is 8.99. The molecule has 0 aromatic heterocycles. The summed E-state index contributed by atoms with van der Waals surface area (Å²) in [6.45, 7) is 3.42. The Labute approximate surface area is 75.9 Å². The first kappa shape index (κ1) is 10.8. The lowest BCUT2D eigenvalue weighted by atomic mass is 10.3. The van der Waals surface area contributed by atoms with Crippen molar-refractivity contribution in [2.45, 2.75) is 0 Å². The van der Waals surface area contributed by atoms with Gasteiger partial charge < -0.3 is 9.84 Å². The molecule has 0 saturated carbocycles. The smallest absolute Gasteiger partial charge is 0.160 e. The van der Waals surface area contributed by atoms with E-state index in [-0.39, 0.29) is 5.75 Å². The number of phenolic OH excluding ortho intramolecular Hbond substituents is 1. The van der Waals surface area contributed by atoms with Crippen LogP contribution in [0.15, 0.2) is 36.5 Å². The summed E-state index contributed by atoms with van der Waals surface area (Å²) in [6, 6.07) is 6.84. The first-order valence-electron chi connectivity index (χ1n) is 3.65. The van der Waals surface area contributed by atoms with Crippen molar-refractivity contribution in [2.24, 2.45) is 0 Å². The molecular formula is C9H14O2Si. The van der Waals surface area contributed by atoms with E-state index >= 15 is 0 Å². The number of hydrogen-bond acceptors (Lipinski definition) is 2. The number of phenols is 1. The number of rotatable bonds is 1. The van der Waals surface area contributed by atoms with Crippen molar-refractivity contribution in [3.05, 3.63) is 36.5 Å². The molecule has 1 rings (SSSR count). The minimum atomic E-state index is 0.181. The normalized spacial score (nSPS) is 8.08. The Morgan fingerprint density at radius 3 is 2.33 bits per heavy atom. The third-order valence-corrected chi connectivity index (χ3v) is 1.09. The number of aromatic hydroxyl groups is 1. The summed E-state index contributed by atoms with van der Waals surface area (Å²) in [6.07, 6.45) is 0. The first-order chi connectivity index (χ1) is 5.76. The van der Waals surface area contributed by atoms with Gasteiger partial charge in [-0.3, -0.25) is 0 Å². The van der Waals surface area contributed by atoms with Gasteiger partial charge in [-0.05, 0) is 12.1 Å². The molecule has 0 aliphatic heterocycles. The Balaban J connectivity index is 0.000000354. The van der Waals surface area contributed by atoms with Crippen molar-refractivity contribution in [2.75, 3.05) is 7.11 Å². The average molecular weight is 182 g/mol. The van der Waals surface area contributed by atoms with Crippen LogP contribution < -0.4 is 4.74 Å². The van der Waals surface area contributed by atoms with Crippen LogP contribution in [-0.4, -0.2) is 22.5 Å². The van der Waals surface area contributed by atoms with Crippen LogP contribution >= 0.6 is 0 Å². The van der Waals surface area contributed by atoms with Crippen LogP contribution in [0.4, 0.5) is 0 Å². The molecule has 2 nitrogen and oxygen atoms in total. The van der Waals surface area contributed by atoms with Crippen LogP contribution in [0.1, 0.15) is 0 Å². The molecule has 0 unspecified atom stereocenters. The van der Waals surface area contributed by atoms with E-state index in [1.54, 1.807) is 24.3 Å². The van der Waals surface area contributed by atoms with Gasteiger partial charge in [-0.1, -0.05) is 12.1 Å². The summed E-state index contributed by atoms with van der Waals surface area (Å²) in [5, 5.41) is 8.99. The zero-order valence-corrected chi connectivity index (χ0v) is 9.45. The van der Waals surface area contributed by atoms with E-state index in [4.69, 9.17) is 9.84 Å². The van der Waals surface area contributed by atoms with Gasteiger partial charge >= 0.3 is 0 Å². The highest BCUT2D eigenvalue weighted by Gasteiger charge is 1.94. The van der Waals surface area contributed by atoms with E-state index in [0.29, 0.717) is 5.75 Å². The van der Waals surface area contributed by atoms with Crippen LogP contribution in [0.3, 0.4) is 0 Å². The molecule has 1 N–H and O–H groups in total. The number of methoxy groups -OCH3 is 1. The highest BCUT2D eigenvalue weighted by atomic mass is 28.1. The molecule has 0 amide bonds. The Bertz CT molecular complexity index is 236. The second-order valence-corrected chi connectivity index (χ2v) is 2.90. The molecule has 0 fully saturated rings. The second-order valence-electron chi connectivity index (χ2n) is 2.08. The molecule has 66 valence electrons. The third-order valence-electron chi connectivity index (χ3n) is 1.09. The summed E-state index contributed by atoms with van der Waals surface area (Å²) in [7, 11) is 2.66. The molecule has 0 saturated heterocycles. The van der Waals surface area contributed by atoms with Gasteiger partial charge in [0.05, 0.1) is 7.11 Å². The summed E-state index contributed by atoms with van der Waals surface area (Å²) < 4.78 is 4.79. The molecular weight excluding hydrogens is 168 g/mol. The van der Waals surface area contributed by atoms with Gasteiger partial charge in [0.2, 0.25) is 0 Å². The molecule has 3 heteroatoms. The summed E-state index contributed by atoms with van der Waals surface area (Å²) >= 11 is 0. The molecule has 0 bridgehead atoms. The number of benzene rings is 1. The number of para-hydroxylation sites is 2. The molecule has 0 aliphatic rings. The van der Waals surface area contributed by atoms with E-state index in [1.807, 2.05) is 5.70 Å². The van der Waals surface area contributed by atoms with Gasteiger partial charge in [-0.25, -0.2) is 0 Å². The molecule has 0 spiro atoms. The maximum Gasteiger partial charge on any atom is 0.160 e. The molecule has 0 atom stereocenters.